The third-order valence-electron chi connectivity index (χ3n) is 6.53. The predicted molar refractivity (Wildman–Crippen MR) is 136 cm³/mol. The van der Waals surface area contributed by atoms with E-state index in [1.165, 1.54) is 35.3 Å². The average molecular weight is 480 g/mol. The molecule has 0 saturated carbocycles. The average Bonchev–Trinajstić information content (AvgIpc) is 3.46. The Morgan fingerprint density at radius 3 is 2.37 bits per heavy atom. The van der Waals surface area contributed by atoms with Crippen LogP contribution in [0, 0.1) is 0 Å². The van der Waals surface area contributed by atoms with Gasteiger partial charge in [-0.25, -0.2) is 9.88 Å². The van der Waals surface area contributed by atoms with Crippen LogP contribution in [-0.4, -0.2) is 22.7 Å². The van der Waals surface area contributed by atoms with Crippen LogP contribution in [0.2, 0.25) is 0 Å². The first-order valence-electron chi connectivity index (χ1n) is 11.6. The van der Waals surface area contributed by atoms with E-state index in [0.717, 1.165) is 29.0 Å². The summed E-state index contributed by atoms with van der Waals surface area (Å²) in [7, 11) is 0. The van der Waals surface area contributed by atoms with Crippen LogP contribution in [0.15, 0.2) is 72.1 Å². The zero-order valence-electron chi connectivity index (χ0n) is 18.8. The van der Waals surface area contributed by atoms with E-state index in [0.29, 0.717) is 27.5 Å². The number of fused-ring (bicyclic) bond motifs is 2. The van der Waals surface area contributed by atoms with Gasteiger partial charge in [-0.1, -0.05) is 30.3 Å². The summed E-state index contributed by atoms with van der Waals surface area (Å²) in [6.45, 7) is 0. The third-order valence-corrected chi connectivity index (χ3v) is 7.29. The summed E-state index contributed by atoms with van der Waals surface area (Å²) in [5, 5.41) is 5.28. The van der Waals surface area contributed by atoms with E-state index in [-0.39, 0.29) is 5.91 Å². The minimum atomic E-state index is -0.391. The Balaban J connectivity index is 1.21. The van der Waals surface area contributed by atoms with Gasteiger partial charge in [0.2, 0.25) is 0 Å². The SMILES string of the molecule is O=C(Nc1nc(-c2ccc3c(c2)CCCC3)cs1)c1cccc(N2C(=O)c3ccccc3C2=O)c1. The van der Waals surface area contributed by atoms with Gasteiger partial charge in [-0.2, -0.15) is 0 Å². The van der Waals surface area contributed by atoms with Crippen LogP contribution in [0.1, 0.15) is 55.0 Å². The van der Waals surface area contributed by atoms with Gasteiger partial charge in [0.15, 0.2) is 5.13 Å². The van der Waals surface area contributed by atoms with Gasteiger partial charge < -0.3 is 0 Å². The van der Waals surface area contributed by atoms with Crippen molar-refractivity contribution in [3.8, 4) is 11.3 Å². The molecule has 6 nitrogen and oxygen atoms in total. The molecule has 1 aliphatic carbocycles. The molecule has 1 aromatic heterocycles. The highest BCUT2D eigenvalue weighted by atomic mass is 32.1. The number of amides is 3. The van der Waals surface area contributed by atoms with Crippen molar-refractivity contribution in [2.24, 2.45) is 0 Å². The number of benzene rings is 3. The number of rotatable bonds is 4. The molecule has 0 atom stereocenters. The minimum absolute atomic E-state index is 0.338. The van der Waals surface area contributed by atoms with Crippen LogP contribution in [0.25, 0.3) is 11.3 Å². The molecule has 1 N–H and O–H groups in total. The summed E-state index contributed by atoms with van der Waals surface area (Å²) in [5.74, 6) is -1.13. The van der Waals surface area contributed by atoms with E-state index < -0.39 is 11.8 Å². The molecule has 0 spiro atoms. The maximum atomic E-state index is 13.0. The number of nitrogens with one attached hydrogen (secondary N) is 1. The molecule has 6 rings (SSSR count). The van der Waals surface area contributed by atoms with Crippen molar-refractivity contribution in [3.05, 3.63) is 99.9 Å². The molecule has 0 bridgehead atoms. The number of imide groups is 1. The van der Waals surface area contributed by atoms with Gasteiger partial charge in [0.05, 0.1) is 22.5 Å². The third kappa shape index (κ3) is 3.84. The lowest BCUT2D eigenvalue weighted by Crippen LogP contribution is -2.29. The van der Waals surface area contributed by atoms with Crippen molar-refractivity contribution in [2.75, 3.05) is 10.2 Å². The highest BCUT2D eigenvalue weighted by Gasteiger charge is 2.36. The van der Waals surface area contributed by atoms with E-state index in [9.17, 15) is 14.4 Å². The maximum absolute atomic E-state index is 13.0. The van der Waals surface area contributed by atoms with Crippen molar-refractivity contribution in [2.45, 2.75) is 25.7 Å². The van der Waals surface area contributed by atoms with Crippen LogP contribution in [0.5, 0.6) is 0 Å². The second-order valence-electron chi connectivity index (χ2n) is 8.72. The fourth-order valence-electron chi connectivity index (χ4n) is 4.74. The number of carbonyl (C=O) groups excluding carboxylic acids is 3. The predicted octanol–water partition coefficient (Wildman–Crippen LogP) is 5.74. The van der Waals surface area contributed by atoms with Gasteiger partial charge in [0.25, 0.3) is 17.7 Å². The Morgan fingerprint density at radius 2 is 1.60 bits per heavy atom. The first kappa shape index (κ1) is 21.4. The molecular formula is C28H21N3O3S. The number of carbonyl (C=O) groups is 3. The van der Waals surface area contributed by atoms with E-state index in [1.807, 2.05) is 5.38 Å². The van der Waals surface area contributed by atoms with Gasteiger partial charge >= 0.3 is 0 Å². The molecule has 0 unspecified atom stereocenters. The summed E-state index contributed by atoms with van der Waals surface area (Å²) in [5.41, 5.74) is 6.12. The lowest BCUT2D eigenvalue weighted by atomic mass is 9.90. The van der Waals surface area contributed by atoms with Gasteiger partial charge in [0.1, 0.15) is 0 Å². The second kappa shape index (κ2) is 8.60. The van der Waals surface area contributed by atoms with E-state index >= 15 is 0 Å². The molecule has 3 amide bonds. The monoisotopic (exact) mass is 479 g/mol. The molecule has 2 aliphatic rings. The Labute approximate surface area is 206 Å². The smallest absolute Gasteiger partial charge is 0.266 e. The van der Waals surface area contributed by atoms with E-state index in [1.54, 1.807) is 48.5 Å². The standard InChI is InChI=1S/C28H21N3O3S/c32-25(30-28-29-24(16-35-28)19-13-12-17-6-1-2-7-18(17)14-19)20-8-5-9-21(15-20)31-26(33)22-10-3-4-11-23(22)27(31)34/h3-5,8-16H,1-2,6-7H2,(H,29,30,32). The van der Waals surface area contributed by atoms with Crippen LogP contribution in [-0.2, 0) is 12.8 Å². The van der Waals surface area contributed by atoms with Crippen LogP contribution >= 0.6 is 11.3 Å². The van der Waals surface area contributed by atoms with Gasteiger partial charge in [-0.15, -0.1) is 11.3 Å². The number of hydrogen-bond acceptors (Lipinski definition) is 5. The zero-order valence-corrected chi connectivity index (χ0v) is 19.6. The van der Waals surface area contributed by atoms with Gasteiger partial charge in [-0.3, -0.25) is 19.7 Å². The fraction of sp³-hybridized carbons (Fsp3) is 0.143. The molecule has 35 heavy (non-hydrogen) atoms. The van der Waals surface area contributed by atoms with Crippen molar-refractivity contribution in [1.29, 1.82) is 0 Å². The topological polar surface area (TPSA) is 79.4 Å². The Morgan fingerprint density at radius 1 is 0.857 bits per heavy atom. The number of thiazole rings is 1. The molecule has 0 fully saturated rings. The van der Waals surface area contributed by atoms with Crippen molar-refractivity contribution < 1.29 is 14.4 Å². The quantitative estimate of drug-likeness (QED) is 0.379. The second-order valence-corrected chi connectivity index (χ2v) is 9.58. The molecule has 4 aromatic rings. The molecular weight excluding hydrogens is 458 g/mol. The zero-order chi connectivity index (χ0) is 23.9. The number of nitrogens with zero attached hydrogens (tertiary/aromatic N) is 2. The lowest BCUT2D eigenvalue weighted by molar-refractivity contribution is 0.0924. The summed E-state index contributed by atoms with van der Waals surface area (Å²) < 4.78 is 0. The molecule has 3 aromatic carbocycles. The largest absolute Gasteiger partial charge is 0.298 e. The molecule has 0 radical (unpaired) electrons. The van der Waals surface area contributed by atoms with Crippen LogP contribution in [0.4, 0.5) is 10.8 Å². The maximum Gasteiger partial charge on any atom is 0.266 e. The Hall–Kier alpha value is -4.10. The summed E-state index contributed by atoms with van der Waals surface area (Å²) in [6, 6.07) is 19.7. The highest BCUT2D eigenvalue weighted by molar-refractivity contribution is 7.14. The summed E-state index contributed by atoms with van der Waals surface area (Å²) >= 11 is 1.36. The molecule has 2 heterocycles. The number of aromatic nitrogens is 1. The minimum Gasteiger partial charge on any atom is -0.298 e. The number of anilines is 2. The Kier molecular flexibility index (Phi) is 5.26. The Bertz CT molecular complexity index is 1470. The fourth-order valence-corrected chi connectivity index (χ4v) is 5.45. The molecule has 172 valence electrons. The molecule has 1 aliphatic heterocycles. The summed E-state index contributed by atoms with van der Waals surface area (Å²) in [4.78, 5) is 44.3. The van der Waals surface area contributed by atoms with Crippen LogP contribution < -0.4 is 10.2 Å². The van der Waals surface area contributed by atoms with Crippen molar-refractivity contribution in [1.82, 2.24) is 4.98 Å². The van der Waals surface area contributed by atoms with Crippen molar-refractivity contribution >= 4 is 39.9 Å². The van der Waals surface area contributed by atoms with Crippen LogP contribution in [0.3, 0.4) is 0 Å². The highest BCUT2D eigenvalue weighted by Crippen LogP contribution is 2.31. The van der Waals surface area contributed by atoms with E-state index in [4.69, 9.17) is 0 Å². The first-order chi connectivity index (χ1) is 17.1. The molecule has 0 saturated heterocycles. The number of aryl methyl sites for hydroxylation is 2. The normalized spacial score (nSPS) is 14.6. The first-order valence-corrected chi connectivity index (χ1v) is 12.4. The summed E-state index contributed by atoms with van der Waals surface area (Å²) in [6.07, 6.45) is 4.69. The molecule has 7 heteroatoms. The van der Waals surface area contributed by atoms with Gasteiger partial charge in [-0.05, 0) is 73.2 Å². The lowest BCUT2D eigenvalue weighted by Gasteiger charge is -2.16. The van der Waals surface area contributed by atoms with Crippen molar-refractivity contribution in [3.63, 3.8) is 0 Å². The number of hydrogen-bond donors (Lipinski definition) is 1. The van der Waals surface area contributed by atoms with E-state index in [2.05, 4.69) is 28.5 Å². The van der Waals surface area contributed by atoms with Gasteiger partial charge in [0, 0.05) is 16.5 Å².